The fourth-order valence-corrected chi connectivity index (χ4v) is 4.52. The van der Waals surface area contributed by atoms with Crippen LogP contribution in [0.5, 0.6) is 0 Å². The van der Waals surface area contributed by atoms with E-state index in [1.807, 2.05) is 41.8 Å². The largest absolute Gasteiger partial charge is 0.378 e. The van der Waals surface area contributed by atoms with Crippen LogP contribution in [0.2, 0.25) is 0 Å². The lowest BCUT2D eigenvalue weighted by atomic mass is 10.2. The van der Waals surface area contributed by atoms with Gasteiger partial charge in [0.2, 0.25) is 0 Å². The van der Waals surface area contributed by atoms with Gasteiger partial charge in [0, 0.05) is 38.3 Å². The molecule has 2 aliphatic rings. The lowest BCUT2D eigenvalue weighted by molar-refractivity contribution is 0.122. The van der Waals surface area contributed by atoms with Gasteiger partial charge in [-0.15, -0.1) is 0 Å². The lowest BCUT2D eigenvalue weighted by Crippen LogP contribution is -2.37. The summed E-state index contributed by atoms with van der Waals surface area (Å²) < 4.78 is 7.53. The van der Waals surface area contributed by atoms with Crippen LogP contribution >= 0.6 is 0 Å². The molecule has 0 unspecified atom stereocenters. The molecule has 2 fully saturated rings. The van der Waals surface area contributed by atoms with Crippen LogP contribution < -0.4 is 9.80 Å². The quantitative estimate of drug-likeness (QED) is 0.509. The Labute approximate surface area is 180 Å². The summed E-state index contributed by atoms with van der Waals surface area (Å²) in [6, 6.07) is 12.2. The predicted octanol–water partition coefficient (Wildman–Crippen LogP) is 3.08. The van der Waals surface area contributed by atoms with E-state index in [0.717, 1.165) is 84.8 Å². The number of anilines is 2. The average molecular weight is 416 g/mol. The third-order valence-corrected chi connectivity index (χ3v) is 6.15. The maximum absolute atomic E-state index is 5.58. The van der Waals surface area contributed by atoms with Crippen LogP contribution in [0.1, 0.15) is 18.5 Å². The van der Waals surface area contributed by atoms with E-state index in [-0.39, 0.29) is 0 Å². The van der Waals surface area contributed by atoms with Gasteiger partial charge in [-0.2, -0.15) is 9.61 Å². The van der Waals surface area contributed by atoms with Crippen LogP contribution in [0.25, 0.3) is 28.1 Å². The van der Waals surface area contributed by atoms with Crippen LogP contribution in [0, 0.1) is 6.92 Å². The zero-order chi connectivity index (χ0) is 20.8. The minimum atomic E-state index is 0.728. The van der Waals surface area contributed by atoms with Crippen molar-refractivity contribution >= 4 is 28.3 Å². The van der Waals surface area contributed by atoms with Gasteiger partial charge in [0.25, 0.3) is 0 Å². The van der Waals surface area contributed by atoms with E-state index in [4.69, 9.17) is 24.8 Å². The van der Waals surface area contributed by atoms with Crippen LogP contribution in [0.3, 0.4) is 0 Å². The highest BCUT2D eigenvalue weighted by atomic mass is 16.5. The van der Waals surface area contributed by atoms with E-state index >= 15 is 0 Å². The van der Waals surface area contributed by atoms with Crippen LogP contribution in [-0.2, 0) is 4.74 Å². The van der Waals surface area contributed by atoms with Crippen molar-refractivity contribution in [1.82, 2.24) is 24.6 Å². The fourth-order valence-electron chi connectivity index (χ4n) is 4.52. The van der Waals surface area contributed by atoms with Crippen molar-refractivity contribution in [2.75, 3.05) is 49.2 Å². The number of morpholine rings is 1. The maximum atomic E-state index is 5.58. The SMILES string of the molecule is Cc1nc2ccccc2nc1-c1cc2nc(N3CCCC3)cc(N3CCOCC3)n2n1. The van der Waals surface area contributed by atoms with E-state index in [1.54, 1.807) is 0 Å². The Kier molecular flexibility index (Phi) is 4.45. The molecular weight excluding hydrogens is 390 g/mol. The van der Waals surface area contributed by atoms with E-state index in [1.165, 1.54) is 12.8 Å². The van der Waals surface area contributed by atoms with Crippen molar-refractivity contribution in [3.63, 3.8) is 0 Å². The van der Waals surface area contributed by atoms with Gasteiger partial charge >= 0.3 is 0 Å². The van der Waals surface area contributed by atoms with Crippen LogP contribution in [0.15, 0.2) is 36.4 Å². The number of rotatable bonds is 3. The Bertz CT molecular complexity index is 1260. The van der Waals surface area contributed by atoms with Gasteiger partial charge < -0.3 is 14.5 Å². The molecule has 158 valence electrons. The van der Waals surface area contributed by atoms with Crippen molar-refractivity contribution in [2.24, 2.45) is 0 Å². The van der Waals surface area contributed by atoms with Gasteiger partial charge in [-0.25, -0.2) is 15.0 Å². The molecule has 4 aromatic rings. The van der Waals surface area contributed by atoms with Gasteiger partial charge in [0.05, 0.1) is 29.9 Å². The lowest BCUT2D eigenvalue weighted by Gasteiger charge is -2.29. The Morgan fingerprint density at radius 1 is 0.839 bits per heavy atom. The number of aromatic nitrogens is 5. The molecule has 0 saturated carbocycles. The number of hydrogen-bond donors (Lipinski definition) is 0. The third kappa shape index (κ3) is 3.27. The zero-order valence-corrected chi connectivity index (χ0v) is 17.7. The van der Waals surface area contributed by atoms with Crippen LogP contribution in [0.4, 0.5) is 11.6 Å². The van der Waals surface area contributed by atoms with E-state index in [0.29, 0.717) is 0 Å². The standard InChI is InChI=1S/C23H25N7O/c1-16-23(25-18-7-3-2-6-17(18)24-16)19-14-21-26-20(28-8-4-5-9-28)15-22(30(21)27-19)29-10-12-31-13-11-29/h2-3,6-7,14-15H,4-5,8-13H2,1H3. The van der Waals surface area contributed by atoms with Crippen molar-refractivity contribution in [3.05, 3.63) is 42.1 Å². The minimum Gasteiger partial charge on any atom is -0.378 e. The van der Waals surface area contributed by atoms with Crippen molar-refractivity contribution < 1.29 is 4.74 Å². The molecule has 8 heteroatoms. The highest BCUT2D eigenvalue weighted by Crippen LogP contribution is 2.29. The van der Waals surface area contributed by atoms with E-state index in [2.05, 4.69) is 15.9 Å². The third-order valence-electron chi connectivity index (χ3n) is 6.15. The predicted molar refractivity (Wildman–Crippen MR) is 121 cm³/mol. The second kappa shape index (κ2) is 7.46. The molecule has 8 nitrogen and oxygen atoms in total. The summed E-state index contributed by atoms with van der Waals surface area (Å²) in [5.41, 5.74) is 5.09. The van der Waals surface area contributed by atoms with E-state index < -0.39 is 0 Å². The van der Waals surface area contributed by atoms with Gasteiger partial charge in [0.15, 0.2) is 5.65 Å². The summed E-state index contributed by atoms with van der Waals surface area (Å²) >= 11 is 0. The van der Waals surface area contributed by atoms with Gasteiger partial charge in [-0.05, 0) is 31.9 Å². The molecule has 2 aliphatic heterocycles. The van der Waals surface area contributed by atoms with Gasteiger partial charge in [-0.3, -0.25) is 0 Å². The molecule has 0 spiro atoms. The summed E-state index contributed by atoms with van der Waals surface area (Å²) in [5, 5.41) is 4.94. The van der Waals surface area contributed by atoms with Crippen molar-refractivity contribution in [3.8, 4) is 11.4 Å². The topological polar surface area (TPSA) is 71.7 Å². The van der Waals surface area contributed by atoms with Gasteiger partial charge in [-0.1, -0.05) is 12.1 Å². The Hall–Kier alpha value is -3.26. The van der Waals surface area contributed by atoms with E-state index in [9.17, 15) is 0 Å². The first-order valence-electron chi connectivity index (χ1n) is 11.0. The molecule has 0 N–H and O–H groups in total. The number of fused-ring (bicyclic) bond motifs is 2. The monoisotopic (exact) mass is 415 g/mol. The molecular formula is C23H25N7O. The molecule has 0 atom stereocenters. The van der Waals surface area contributed by atoms with Crippen LogP contribution in [-0.4, -0.2) is 64.0 Å². The second-order valence-electron chi connectivity index (χ2n) is 8.21. The molecule has 0 amide bonds. The molecule has 0 bridgehead atoms. The number of para-hydroxylation sites is 2. The summed E-state index contributed by atoms with van der Waals surface area (Å²) in [7, 11) is 0. The first kappa shape index (κ1) is 18.5. The summed E-state index contributed by atoms with van der Waals surface area (Å²) in [5.74, 6) is 2.09. The molecule has 3 aromatic heterocycles. The normalized spacial score (nSPS) is 17.2. The van der Waals surface area contributed by atoms with Crippen molar-refractivity contribution in [2.45, 2.75) is 19.8 Å². The number of ether oxygens (including phenoxy) is 1. The Morgan fingerprint density at radius 2 is 1.58 bits per heavy atom. The first-order chi connectivity index (χ1) is 15.3. The molecule has 2 saturated heterocycles. The zero-order valence-electron chi connectivity index (χ0n) is 17.7. The number of benzene rings is 1. The number of nitrogens with zero attached hydrogens (tertiary/aromatic N) is 7. The number of aryl methyl sites for hydroxylation is 1. The molecule has 0 aliphatic carbocycles. The average Bonchev–Trinajstić information content (AvgIpc) is 3.48. The first-order valence-corrected chi connectivity index (χ1v) is 11.0. The number of hydrogen-bond acceptors (Lipinski definition) is 7. The minimum absolute atomic E-state index is 0.728. The van der Waals surface area contributed by atoms with Crippen molar-refractivity contribution in [1.29, 1.82) is 0 Å². The maximum Gasteiger partial charge on any atom is 0.160 e. The smallest absolute Gasteiger partial charge is 0.160 e. The molecule has 31 heavy (non-hydrogen) atoms. The summed E-state index contributed by atoms with van der Waals surface area (Å²) in [6.45, 7) is 7.26. The van der Waals surface area contributed by atoms with Gasteiger partial charge in [0.1, 0.15) is 23.0 Å². The molecule has 6 rings (SSSR count). The Morgan fingerprint density at radius 3 is 2.35 bits per heavy atom. The summed E-state index contributed by atoms with van der Waals surface area (Å²) in [4.78, 5) is 19.3. The molecule has 5 heterocycles. The fraction of sp³-hybridized carbons (Fsp3) is 0.391. The Balaban J connectivity index is 1.51. The molecule has 0 radical (unpaired) electrons. The highest BCUT2D eigenvalue weighted by molar-refractivity contribution is 5.78. The highest BCUT2D eigenvalue weighted by Gasteiger charge is 2.22. The molecule has 1 aromatic carbocycles. The summed E-state index contributed by atoms with van der Waals surface area (Å²) in [6.07, 6.45) is 2.44. The second-order valence-corrected chi connectivity index (χ2v) is 8.21.